The Morgan fingerprint density at radius 1 is 0.522 bits per heavy atom. The van der Waals surface area contributed by atoms with Crippen molar-refractivity contribution < 1.29 is 121 Å². The predicted octanol–water partition coefficient (Wildman–Crippen LogP) is -4.75. The Labute approximate surface area is 657 Å². The molecule has 3 heterocycles. The van der Waals surface area contributed by atoms with Crippen LogP contribution in [0.2, 0.25) is 0 Å². The molecule has 0 aliphatic carbocycles. The maximum Gasteiger partial charge on any atom is 0.329 e. The first-order valence-electron chi connectivity index (χ1n) is 37.2. The number of primary amides is 1. The minimum absolute atomic E-state index is 0.00320. The summed E-state index contributed by atoms with van der Waals surface area (Å²) in [6.45, 7) is 1.46. The summed E-state index contributed by atoms with van der Waals surface area (Å²) in [6, 6.07) is -8.42. The summed E-state index contributed by atoms with van der Waals surface area (Å²) in [7, 11) is 0. The van der Waals surface area contributed by atoms with Gasteiger partial charge in [-0.25, -0.2) is 4.79 Å². The number of aliphatic hydroxyl groups is 1. The van der Waals surface area contributed by atoms with Crippen LogP contribution in [-0.4, -0.2) is 247 Å². The molecular formula is C73H101N17O25. The summed E-state index contributed by atoms with van der Waals surface area (Å²) >= 11 is 0. The van der Waals surface area contributed by atoms with E-state index in [0.717, 1.165) is 46.0 Å². The second-order valence-electron chi connectivity index (χ2n) is 27.6. The summed E-state index contributed by atoms with van der Waals surface area (Å²) < 4.78 is 5.85. The summed E-state index contributed by atoms with van der Waals surface area (Å²) in [5.41, 5.74) is 13.3. The molecule has 4 aromatic rings. The van der Waals surface area contributed by atoms with E-state index in [9.17, 15) is 112 Å². The number of aliphatic hydroxyl groups excluding tert-OH is 1. The van der Waals surface area contributed by atoms with Crippen molar-refractivity contribution in [1.82, 2.24) is 79.1 Å². The highest BCUT2D eigenvalue weighted by Gasteiger charge is 2.41. The molecule has 14 amide bonds. The molecule has 42 nitrogen and oxygen atoms in total. The fourth-order valence-electron chi connectivity index (χ4n) is 12.2. The highest BCUT2D eigenvalue weighted by Crippen LogP contribution is 2.23. The number of H-pyrrole nitrogens is 2. The number of rotatable bonds is 34. The fourth-order valence-corrected chi connectivity index (χ4v) is 12.2. The summed E-state index contributed by atoms with van der Waals surface area (Å²) in [4.78, 5) is 266. The second-order valence-corrected chi connectivity index (χ2v) is 27.6. The largest absolute Gasteiger partial charge is 0.481 e. The average molecular weight is 1620 g/mol. The van der Waals surface area contributed by atoms with Crippen LogP contribution in [0.5, 0.6) is 0 Å². The Morgan fingerprint density at radius 3 is 1.60 bits per heavy atom. The number of hydrogen-bond donors (Lipinski definition) is 22. The van der Waals surface area contributed by atoms with Gasteiger partial charge in [-0.05, 0) is 68.8 Å². The van der Waals surface area contributed by atoms with Crippen LogP contribution < -0.4 is 80.6 Å². The third kappa shape index (κ3) is 30.8. The van der Waals surface area contributed by atoms with E-state index in [-0.39, 0.29) is 37.8 Å². The van der Waals surface area contributed by atoms with Gasteiger partial charge in [-0.2, -0.15) is 0 Å². The predicted molar refractivity (Wildman–Crippen MR) is 402 cm³/mol. The molecule has 24 N–H and O–H groups in total. The van der Waals surface area contributed by atoms with E-state index in [0.29, 0.717) is 40.2 Å². The lowest BCUT2D eigenvalue weighted by molar-refractivity contribution is -0.156. The van der Waals surface area contributed by atoms with Gasteiger partial charge < -0.3 is 121 Å². The Balaban J connectivity index is 1.59. The number of unbranched alkanes of at least 4 members (excludes halogenated alkanes) is 6. The molecule has 0 bridgehead atoms. The van der Waals surface area contributed by atoms with Crippen LogP contribution in [0.1, 0.15) is 135 Å². The van der Waals surface area contributed by atoms with E-state index in [1.807, 2.05) is 10.6 Å². The number of esters is 1. The molecule has 0 saturated carbocycles. The van der Waals surface area contributed by atoms with E-state index in [4.69, 9.17) is 16.2 Å². The monoisotopic (exact) mass is 1620 g/mol. The van der Waals surface area contributed by atoms with Gasteiger partial charge in [0, 0.05) is 53.5 Å². The molecule has 115 heavy (non-hydrogen) atoms. The number of para-hydroxylation sites is 2. The molecule has 1 fully saturated rings. The number of carboxylic acids is 4. The van der Waals surface area contributed by atoms with Crippen molar-refractivity contribution in [2.45, 2.75) is 209 Å². The quantitative estimate of drug-likeness (QED) is 0.0154. The molecule has 0 spiro atoms. The molecule has 13 atom stereocenters. The van der Waals surface area contributed by atoms with Crippen LogP contribution >= 0.6 is 0 Å². The summed E-state index contributed by atoms with van der Waals surface area (Å²) in [5.74, 6) is -27.6. The molecule has 1 aliphatic heterocycles. The molecule has 5 rings (SSSR count). The topological polar surface area (TPSA) is 675 Å². The number of amides is 14. The van der Waals surface area contributed by atoms with Crippen molar-refractivity contribution in [3.05, 3.63) is 72.1 Å². The smallest absolute Gasteiger partial charge is 0.329 e. The third-order valence-corrected chi connectivity index (χ3v) is 18.3. The first-order chi connectivity index (χ1) is 54.5. The van der Waals surface area contributed by atoms with E-state index in [1.54, 1.807) is 54.7 Å². The first-order valence-corrected chi connectivity index (χ1v) is 37.2. The van der Waals surface area contributed by atoms with Crippen LogP contribution in [0.15, 0.2) is 60.9 Å². The van der Waals surface area contributed by atoms with Crippen LogP contribution in [0.3, 0.4) is 0 Å². The lowest BCUT2D eigenvalue weighted by Gasteiger charge is -2.30. The van der Waals surface area contributed by atoms with Gasteiger partial charge in [0.1, 0.15) is 72.6 Å². The standard InChI is InChI=1S/C73H101N17O25/c1-5-6-7-8-9-10-11-22-54(93)82-46(25-39-31-76-43-19-14-12-17-41(39)43)67(108)85-47(27-53(75)92)68(109)87-50(30-60(102)103)69(110)90-62-38(4)115-73(114)51(26-40-32-77-44-20-15-13-18-42(40)44)88-72(113)61(36(2)24-57(96)97)89-70(111)52(35-91)83-56(95)33-78-64(105)48(28-58(98)99)84-63(104)37(3)80-66(107)49(29-59(100)101)86-65(106)45(21-16-23-74)81-55(94)34-79-71(62)112/h12-15,17-20,31-32,36-38,45-52,61-62,76-77,91H,5-11,16,21-30,33-35,74H2,1-4H3,(H2,75,92)(H,78,105)(H,79,112)(H,80,107)(H,81,94)(H,82,93)(H,83,95)(H,84,104)(H,85,108)(H,86,106)(H,87,109)(H,88,113)(H,89,111)(H,90,110)(H,96,97)(H,98,99)(H,100,101)(H,102,103)/t36-,37-,38?,45+,46+,47+,48+,49?,50+,51+,52-,61?,62?/m1/s1. The van der Waals surface area contributed by atoms with Crippen molar-refractivity contribution in [2.24, 2.45) is 17.4 Å². The minimum Gasteiger partial charge on any atom is -0.481 e. The second kappa shape index (κ2) is 46.4. The number of hydrogen-bond acceptors (Lipinski definition) is 22. The van der Waals surface area contributed by atoms with Gasteiger partial charge in [0.2, 0.25) is 82.7 Å². The van der Waals surface area contributed by atoms with Crippen LogP contribution in [0, 0.1) is 5.92 Å². The Morgan fingerprint density at radius 2 is 1.03 bits per heavy atom. The minimum atomic E-state index is -2.36. The van der Waals surface area contributed by atoms with Crippen molar-refractivity contribution in [2.75, 3.05) is 26.2 Å². The number of aromatic nitrogens is 2. The highest BCUT2D eigenvalue weighted by molar-refractivity contribution is 6.02. The van der Waals surface area contributed by atoms with E-state index in [1.165, 1.54) is 13.1 Å². The number of nitrogens with one attached hydrogen (secondary N) is 15. The molecule has 42 heteroatoms. The molecule has 628 valence electrons. The normalized spacial score (nSPS) is 21.3. The van der Waals surface area contributed by atoms with Gasteiger partial charge in [0.05, 0.1) is 51.8 Å². The fraction of sp³-hybridized carbons (Fsp3) is 0.521. The van der Waals surface area contributed by atoms with Crippen molar-refractivity contribution >= 4 is 134 Å². The zero-order chi connectivity index (χ0) is 85.2. The number of benzene rings is 2. The van der Waals surface area contributed by atoms with Crippen molar-refractivity contribution in [3.63, 3.8) is 0 Å². The third-order valence-electron chi connectivity index (χ3n) is 18.3. The van der Waals surface area contributed by atoms with Gasteiger partial charge in [-0.3, -0.25) is 86.3 Å². The number of carbonyl (C=O) groups is 19. The maximum atomic E-state index is 15.0. The number of fused-ring (bicyclic) bond motifs is 2. The number of aromatic amines is 2. The molecule has 4 unspecified atom stereocenters. The Bertz CT molecular complexity index is 4180. The van der Waals surface area contributed by atoms with E-state index < -0.39 is 249 Å². The number of cyclic esters (lactones) is 1. The molecule has 2 aromatic heterocycles. The van der Waals surface area contributed by atoms with Crippen molar-refractivity contribution in [1.29, 1.82) is 0 Å². The SMILES string of the molecule is CCCCCCCCCC(=O)N[C@@H](Cc1c[nH]c2ccccc12)C(=O)N[C@@H](CC(N)=O)C(=O)N[C@@H](CC(=O)O)C(=O)NC1C(=O)NCC(=O)N[C@@H](CCCN)C(=O)NC(CC(=O)O)C(=O)N[C@H](C)C(=O)N[C@@H](CC(=O)O)C(=O)NCC(=O)N[C@H](CO)C(=O)NC([C@H](C)CC(=O)O)C(=O)N[C@@H](Cc2c[nH]c3ccccc23)C(=O)OC1C. The number of aliphatic carboxylic acids is 4. The van der Waals surface area contributed by atoms with Gasteiger partial charge >= 0.3 is 29.8 Å². The number of carbonyl (C=O) groups excluding carboxylic acids is 15. The number of ether oxygens (including phenoxy) is 1. The van der Waals surface area contributed by atoms with Gasteiger partial charge in [0.15, 0.2) is 0 Å². The lowest BCUT2D eigenvalue weighted by atomic mass is 9.96. The molecular weight excluding hydrogens is 1510 g/mol. The number of carboxylic acid groups (broad SMARTS) is 4. The van der Waals surface area contributed by atoms with Crippen molar-refractivity contribution in [3.8, 4) is 0 Å². The lowest BCUT2D eigenvalue weighted by Crippen LogP contribution is -2.62. The van der Waals surface area contributed by atoms with Crippen LogP contribution in [0.4, 0.5) is 0 Å². The summed E-state index contributed by atoms with van der Waals surface area (Å²) in [5, 5.41) is 80.0. The van der Waals surface area contributed by atoms with E-state index >= 15 is 4.79 Å². The summed E-state index contributed by atoms with van der Waals surface area (Å²) in [6.07, 6.45) is 0.149. The zero-order valence-electron chi connectivity index (χ0n) is 63.7. The average Bonchev–Trinajstić information content (AvgIpc) is 1.73. The zero-order valence-corrected chi connectivity index (χ0v) is 63.7. The van der Waals surface area contributed by atoms with Crippen LogP contribution in [-0.2, 0) is 109 Å². The molecule has 2 aromatic carbocycles. The Hall–Kier alpha value is -12.6. The van der Waals surface area contributed by atoms with Gasteiger partial charge in [-0.1, -0.05) is 88.8 Å². The maximum absolute atomic E-state index is 15.0. The molecule has 0 radical (unpaired) electrons. The van der Waals surface area contributed by atoms with Crippen LogP contribution in [0.25, 0.3) is 21.8 Å². The first kappa shape index (κ1) is 93.0. The van der Waals surface area contributed by atoms with Gasteiger partial charge in [-0.15, -0.1) is 0 Å². The molecule has 1 aliphatic rings. The number of nitrogens with two attached hydrogens (primary N) is 2. The van der Waals surface area contributed by atoms with Gasteiger partial charge in [0.25, 0.3) is 0 Å². The Kier molecular flexibility index (Phi) is 37.5. The highest BCUT2D eigenvalue weighted by atomic mass is 16.5. The molecule has 1 saturated heterocycles. The van der Waals surface area contributed by atoms with E-state index in [2.05, 4.69) is 75.4 Å².